The van der Waals surface area contributed by atoms with Crippen LogP contribution in [0.1, 0.15) is 81.1 Å². The molecular formula is C20H31BrO3. The Morgan fingerprint density at radius 3 is 2.58 bits per heavy atom. The summed E-state index contributed by atoms with van der Waals surface area (Å²) in [6.45, 7) is 5.05. The quantitative estimate of drug-likeness (QED) is 0.400. The number of halogens is 1. The van der Waals surface area contributed by atoms with E-state index in [0.717, 1.165) is 22.9 Å². The molecular weight excluding hydrogens is 368 g/mol. The normalized spacial score (nSPS) is 12.3. The molecule has 1 aromatic rings. The molecule has 0 spiro atoms. The Labute approximate surface area is 154 Å². The SMILES string of the molecule is CCCCCCCCC(C)OCCCc1c(Br)cccc1C(=O)O. The van der Waals surface area contributed by atoms with E-state index in [1.807, 2.05) is 6.07 Å². The fourth-order valence-corrected chi connectivity index (χ4v) is 3.41. The molecule has 1 N–H and O–H groups in total. The second-order valence-corrected chi connectivity index (χ2v) is 7.27. The summed E-state index contributed by atoms with van der Waals surface area (Å²) in [5, 5.41) is 9.26. The molecule has 1 aromatic carbocycles. The third kappa shape index (κ3) is 8.29. The molecule has 0 fully saturated rings. The molecule has 0 saturated heterocycles. The fraction of sp³-hybridized carbons (Fsp3) is 0.650. The first kappa shape index (κ1) is 21.2. The minimum atomic E-state index is -0.872. The lowest BCUT2D eigenvalue weighted by atomic mass is 10.0. The van der Waals surface area contributed by atoms with Crippen molar-refractivity contribution in [1.82, 2.24) is 0 Å². The van der Waals surface area contributed by atoms with E-state index in [4.69, 9.17) is 4.74 Å². The Hall–Kier alpha value is -0.870. The monoisotopic (exact) mass is 398 g/mol. The number of aromatic carboxylic acids is 1. The minimum Gasteiger partial charge on any atom is -0.478 e. The van der Waals surface area contributed by atoms with Gasteiger partial charge in [-0.3, -0.25) is 0 Å². The Bertz CT molecular complexity index is 488. The van der Waals surface area contributed by atoms with Gasteiger partial charge < -0.3 is 9.84 Å². The molecule has 0 saturated carbocycles. The number of carbonyl (C=O) groups is 1. The predicted molar refractivity (Wildman–Crippen MR) is 103 cm³/mol. The van der Waals surface area contributed by atoms with Crippen LogP contribution < -0.4 is 0 Å². The summed E-state index contributed by atoms with van der Waals surface area (Å²) in [6, 6.07) is 5.31. The van der Waals surface area contributed by atoms with E-state index >= 15 is 0 Å². The molecule has 0 amide bonds. The highest BCUT2D eigenvalue weighted by Crippen LogP contribution is 2.22. The van der Waals surface area contributed by atoms with Crippen LogP contribution in [0, 0.1) is 0 Å². The van der Waals surface area contributed by atoms with Crippen LogP contribution in [0.4, 0.5) is 0 Å². The average Bonchev–Trinajstić information content (AvgIpc) is 2.55. The summed E-state index contributed by atoms with van der Waals surface area (Å²) >= 11 is 3.45. The Morgan fingerprint density at radius 1 is 1.17 bits per heavy atom. The Kier molecular flexibility index (Phi) is 11.0. The van der Waals surface area contributed by atoms with Crippen molar-refractivity contribution in [2.45, 2.75) is 77.7 Å². The van der Waals surface area contributed by atoms with Gasteiger partial charge in [0, 0.05) is 11.1 Å². The summed E-state index contributed by atoms with van der Waals surface area (Å²) in [5.41, 5.74) is 1.24. The van der Waals surface area contributed by atoms with Crippen LogP contribution in [0.3, 0.4) is 0 Å². The molecule has 0 aromatic heterocycles. The van der Waals surface area contributed by atoms with Gasteiger partial charge in [-0.1, -0.05) is 67.4 Å². The first-order chi connectivity index (χ1) is 11.6. The maximum atomic E-state index is 11.3. The zero-order chi connectivity index (χ0) is 17.8. The van der Waals surface area contributed by atoms with Gasteiger partial charge in [-0.05, 0) is 43.9 Å². The van der Waals surface area contributed by atoms with Crippen molar-refractivity contribution in [2.75, 3.05) is 6.61 Å². The Morgan fingerprint density at radius 2 is 1.88 bits per heavy atom. The number of unbranched alkanes of at least 4 members (excludes halogenated alkanes) is 5. The van der Waals surface area contributed by atoms with Crippen LogP contribution >= 0.6 is 15.9 Å². The van der Waals surface area contributed by atoms with Gasteiger partial charge in [0.1, 0.15) is 0 Å². The lowest BCUT2D eigenvalue weighted by Gasteiger charge is -2.14. The lowest BCUT2D eigenvalue weighted by molar-refractivity contribution is 0.0567. The molecule has 0 aliphatic heterocycles. The van der Waals surface area contributed by atoms with Crippen LogP contribution in [0.2, 0.25) is 0 Å². The van der Waals surface area contributed by atoms with Crippen molar-refractivity contribution in [3.05, 3.63) is 33.8 Å². The second kappa shape index (κ2) is 12.5. The number of hydrogen-bond donors (Lipinski definition) is 1. The third-order valence-corrected chi connectivity index (χ3v) is 5.03. The highest BCUT2D eigenvalue weighted by molar-refractivity contribution is 9.10. The van der Waals surface area contributed by atoms with Crippen molar-refractivity contribution in [3.8, 4) is 0 Å². The topological polar surface area (TPSA) is 46.5 Å². The molecule has 4 heteroatoms. The number of hydrogen-bond acceptors (Lipinski definition) is 2. The average molecular weight is 399 g/mol. The molecule has 136 valence electrons. The molecule has 0 bridgehead atoms. The highest BCUT2D eigenvalue weighted by Gasteiger charge is 2.12. The third-order valence-electron chi connectivity index (χ3n) is 4.29. The van der Waals surface area contributed by atoms with Gasteiger partial charge in [0.2, 0.25) is 0 Å². The molecule has 1 atom stereocenters. The fourth-order valence-electron chi connectivity index (χ4n) is 2.84. The molecule has 0 radical (unpaired) electrons. The maximum Gasteiger partial charge on any atom is 0.336 e. The zero-order valence-corrected chi connectivity index (χ0v) is 16.6. The van der Waals surface area contributed by atoms with Crippen LogP contribution in [0.15, 0.2) is 22.7 Å². The van der Waals surface area contributed by atoms with Gasteiger partial charge in [-0.15, -0.1) is 0 Å². The van der Waals surface area contributed by atoms with Crippen LogP contribution in [0.25, 0.3) is 0 Å². The van der Waals surface area contributed by atoms with Crippen molar-refractivity contribution in [2.24, 2.45) is 0 Å². The summed E-state index contributed by atoms with van der Waals surface area (Å²) in [5.74, 6) is -0.872. The van der Waals surface area contributed by atoms with E-state index in [-0.39, 0.29) is 6.10 Å². The van der Waals surface area contributed by atoms with Gasteiger partial charge in [0.15, 0.2) is 0 Å². The summed E-state index contributed by atoms with van der Waals surface area (Å²) < 4.78 is 6.73. The summed E-state index contributed by atoms with van der Waals surface area (Å²) in [7, 11) is 0. The Balaban J connectivity index is 2.21. The molecule has 0 aliphatic rings. The first-order valence-electron chi connectivity index (χ1n) is 9.18. The predicted octanol–water partition coefficient (Wildman–Crippen LogP) is 6.24. The first-order valence-corrected chi connectivity index (χ1v) is 9.97. The lowest BCUT2D eigenvalue weighted by Crippen LogP contribution is -2.10. The van der Waals surface area contributed by atoms with Crippen LogP contribution in [-0.2, 0) is 11.2 Å². The number of rotatable bonds is 13. The van der Waals surface area contributed by atoms with Gasteiger partial charge in [-0.2, -0.15) is 0 Å². The molecule has 3 nitrogen and oxygen atoms in total. The van der Waals surface area contributed by atoms with Gasteiger partial charge in [0.25, 0.3) is 0 Å². The number of ether oxygens (including phenoxy) is 1. The summed E-state index contributed by atoms with van der Waals surface area (Å²) in [4.78, 5) is 11.3. The van der Waals surface area contributed by atoms with Crippen molar-refractivity contribution < 1.29 is 14.6 Å². The largest absolute Gasteiger partial charge is 0.478 e. The van der Waals surface area contributed by atoms with Crippen molar-refractivity contribution in [1.29, 1.82) is 0 Å². The van der Waals surface area contributed by atoms with Gasteiger partial charge in [-0.25, -0.2) is 4.79 Å². The van der Waals surface area contributed by atoms with E-state index in [2.05, 4.69) is 29.8 Å². The zero-order valence-electron chi connectivity index (χ0n) is 15.0. The van der Waals surface area contributed by atoms with E-state index in [1.54, 1.807) is 12.1 Å². The maximum absolute atomic E-state index is 11.3. The van der Waals surface area contributed by atoms with E-state index in [9.17, 15) is 9.90 Å². The number of carboxylic acids is 1. The molecule has 1 rings (SSSR count). The van der Waals surface area contributed by atoms with Gasteiger partial charge in [0.05, 0.1) is 11.7 Å². The molecule has 24 heavy (non-hydrogen) atoms. The summed E-state index contributed by atoms with van der Waals surface area (Å²) in [6.07, 6.45) is 10.8. The molecule has 0 heterocycles. The van der Waals surface area contributed by atoms with Gasteiger partial charge >= 0.3 is 5.97 Å². The van der Waals surface area contributed by atoms with Crippen molar-refractivity contribution >= 4 is 21.9 Å². The number of benzene rings is 1. The smallest absolute Gasteiger partial charge is 0.336 e. The standard InChI is InChI=1S/C20H31BrO3/c1-3-4-5-6-7-8-11-16(2)24-15-10-13-17-18(20(22)23)12-9-14-19(17)21/h9,12,14,16H,3-8,10-11,13,15H2,1-2H3,(H,22,23). The van der Waals surface area contributed by atoms with E-state index in [0.29, 0.717) is 18.6 Å². The van der Waals surface area contributed by atoms with Crippen LogP contribution in [0.5, 0.6) is 0 Å². The second-order valence-electron chi connectivity index (χ2n) is 6.41. The van der Waals surface area contributed by atoms with Crippen LogP contribution in [-0.4, -0.2) is 23.8 Å². The number of carboxylic acid groups (broad SMARTS) is 1. The van der Waals surface area contributed by atoms with E-state index in [1.165, 1.54) is 38.5 Å². The van der Waals surface area contributed by atoms with Crippen molar-refractivity contribution in [3.63, 3.8) is 0 Å². The minimum absolute atomic E-state index is 0.286. The molecule has 1 unspecified atom stereocenters. The van der Waals surface area contributed by atoms with E-state index < -0.39 is 5.97 Å². The highest BCUT2D eigenvalue weighted by atomic mass is 79.9. The molecule has 0 aliphatic carbocycles.